The van der Waals surface area contributed by atoms with E-state index in [4.69, 9.17) is 0 Å². The summed E-state index contributed by atoms with van der Waals surface area (Å²) in [6.07, 6.45) is 1.55. The zero-order valence-electron chi connectivity index (χ0n) is 11.6. The molecule has 2 N–H and O–H groups in total. The highest BCUT2D eigenvalue weighted by Gasteiger charge is 2.35. The average Bonchev–Trinajstić information content (AvgIpc) is 2.35. The fraction of sp³-hybridized carbons (Fsp3) is 0.571. The Balaban J connectivity index is 2.19. The molecular formula is C14H20FNO3S. The van der Waals surface area contributed by atoms with E-state index in [2.05, 4.69) is 4.72 Å². The minimum absolute atomic E-state index is 0.0178. The lowest BCUT2D eigenvalue weighted by atomic mass is 9.77. The fourth-order valence-corrected chi connectivity index (χ4v) is 4.24. The Bertz CT molecular complexity index is 582. The first-order chi connectivity index (χ1) is 9.33. The molecule has 4 nitrogen and oxygen atoms in total. The van der Waals surface area contributed by atoms with Gasteiger partial charge in [-0.15, -0.1) is 0 Å². The molecule has 0 heterocycles. The number of aliphatic hydroxyl groups excluding tert-OH is 1. The summed E-state index contributed by atoms with van der Waals surface area (Å²) in [5, 5.41) is 9.33. The highest BCUT2D eigenvalue weighted by Crippen LogP contribution is 2.32. The number of rotatable bonds is 5. The van der Waals surface area contributed by atoms with Gasteiger partial charge in [0.2, 0.25) is 10.0 Å². The molecule has 0 aliphatic heterocycles. The molecule has 1 aliphatic carbocycles. The lowest BCUT2D eigenvalue weighted by Gasteiger charge is -2.37. The average molecular weight is 301 g/mol. The molecule has 1 aromatic carbocycles. The summed E-state index contributed by atoms with van der Waals surface area (Å²) in [6.45, 7) is 3.54. The quantitative estimate of drug-likeness (QED) is 0.873. The van der Waals surface area contributed by atoms with Crippen molar-refractivity contribution in [2.24, 2.45) is 5.92 Å². The van der Waals surface area contributed by atoms with Crippen LogP contribution < -0.4 is 4.72 Å². The predicted molar refractivity (Wildman–Crippen MR) is 74.3 cm³/mol. The third kappa shape index (κ3) is 3.19. The smallest absolute Gasteiger partial charge is 0.241 e. The van der Waals surface area contributed by atoms with Crippen molar-refractivity contribution >= 4 is 10.0 Å². The van der Waals surface area contributed by atoms with Crippen molar-refractivity contribution in [3.63, 3.8) is 0 Å². The third-order valence-electron chi connectivity index (χ3n) is 3.90. The molecular weight excluding hydrogens is 281 g/mol. The van der Waals surface area contributed by atoms with Crippen LogP contribution in [-0.4, -0.2) is 25.7 Å². The molecule has 0 radical (unpaired) electrons. The minimum atomic E-state index is -3.74. The first-order valence-corrected chi connectivity index (χ1v) is 8.28. The van der Waals surface area contributed by atoms with Crippen LogP contribution in [0, 0.1) is 18.7 Å². The maximum atomic E-state index is 13.3. The zero-order valence-corrected chi connectivity index (χ0v) is 12.5. The summed E-state index contributed by atoms with van der Waals surface area (Å²) in [7, 11) is -3.74. The number of sulfonamides is 1. The maximum absolute atomic E-state index is 13.3. The number of halogens is 1. The Kier molecular flexibility index (Phi) is 4.46. The number of benzene rings is 1. The van der Waals surface area contributed by atoms with E-state index in [1.807, 2.05) is 6.92 Å². The van der Waals surface area contributed by atoms with Gasteiger partial charge in [0.25, 0.3) is 0 Å². The Labute approximate surface area is 119 Å². The van der Waals surface area contributed by atoms with Gasteiger partial charge in [-0.2, -0.15) is 0 Å². The number of hydrogen-bond donors (Lipinski definition) is 2. The normalized spacial score (nSPS) is 24.2. The Morgan fingerprint density at radius 3 is 2.65 bits per heavy atom. The largest absolute Gasteiger partial charge is 0.393 e. The maximum Gasteiger partial charge on any atom is 0.241 e. The van der Waals surface area contributed by atoms with Crippen molar-refractivity contribution < 1.29 is 17.9 Å². The molecule has 1 saturated carbocycles. The molecule has 1 aromatic rings. The van der Waals surface area contributed by atoms with Crippen LogP contribution in [0.5, 0.6) is 0 Å². The molecule has 0 unspecified atom stereocenters. The molecule has 0 bridgehead atoms. The first-order valence-electron chi connectivity index (χ1n) is 6.80. The summed E-state index contributed by atoms with van der Waals surface area (Å²) in [4.78, 5) is -0.0178. The van der Waals surface area contributed by atoms with E-state index in [-0.39, 0.29) is 23.0 Å². The molecule has 0 amide bonds. The lowest BCUT2D eigenvalue weighted by Crippen LogP contribution is -2.46. The molecule has 0 spiro atoms. The van der Waals surface area contributed by atoms with Crippen LogP contribution in [0.3, 0.4) is 0 Å². The van der Waals surface area contributed by atoms with Gasteiger partial charge in [0.05, 0.1) is 11.0 Å². The van der Waals surface area contributed by atoms with E-state index in [9.17, 15) is 17.9 Å². The minimum Gasteiger partial charge on any atom is -0.393 e. The summed E-state index contributed by atoms with van der Waals surface area (Å²) >= 11 is 0. The van der Waals surface area contributed by atoms with Crippen molar-refractivity contribution in [1.29, 1.82) is 0 Å². The Morgan fingerprint density at radius 1 is 1.45 bits per heavy atom. The summed E-state index contributed by atoms with van der Waals surface area (Å²) in [5.41, 5.74) is 0.516. The molecule has 1 atom stereocenters. The zero-order chi connectivity index (χ0) is 14.9. The lowest BCUT2D eigenvalue weighted by molar-refractivity contribution is 0.0277. The number of aliphatic hydroxyl groups is 1. The first kappa shape index (κ1) is 15.4. The Morgan fingerprint density at radius 2 is 2.10 bits per heavy atom. The SMILES string of the molecule is CC[C@H](NS(=O)(=O)c1cc(F)ccc1C)C1CC(O)C1. The molecule has 20 heavy (non-hydrogen) atoms. The summed E-state index contributed by atoms with van der Waals surface area (Å²) in [5.74, 6) is -0.415. The van der Waals surface area contributed by atoms with Crippen molar-refractivity contribution in [2.75, 3.05) is 0 Å². The topological polar surface area (TPSA) is 66.4 Å². The van der Waals surface area contributed by atoms with Crippen molar-refractivity contribution in [3.05, 3.63) is 29.6 Å². The summed E-state index contributed by atoms with van der Waals surface area (Å²) in [6, 6.07) is 3.53. The second-order valence-corrected chi connectivity index (χ2v) is 7.11. The fourth-order valence-electron chi connectivity index (χ4n) is 2.60. The van der Waals surface area contributed by atoms with Crippen molar-refractivity contribution in [2.45, 2.75) is 50.2 Å². The predicted octanol–water partition coefficient (Wildman–Crippen LogP) is 1.96. The molecule has 0 saturated heterocycles. The summed E-state index contributed by atoms with van der Waals surface area (Å²) < 4.78 is 40.6. The van der Waals surface area contributed by atoms with Crippen LogP contribution in [0.4, 0.5) is 4.39 Å². The van der Waals surface area contributed by atoms with Crippen LogP contribution in [-0.2, 0) is 10.0 Å². The van der Waals surface area contributed by atoms with Crippen LogP contribution in [0.1, 0.15) is 31.7 Å². The van der Waals surface area contributed by atoms with E-state index in [0.717, 1.165) is 6.07 Å². The molecule has 1 aliphatic rings. The van der Waals surface area contributed by atoms with Crippen LogP contribution in [0.15, 0.2) is 23.1 Å². The standard InChI is InChI=1S/C14H20FNO3S/c1-3-13(10-6-12(17)7-10)16-20(18,19)14-8-11(15)5-4-9(14)2/h4-5,8,10,12-13,16-17H,3,6-7H2,1-2H3/t10?,12?,13-/m0/s1. The van der Waals surface area contributed by atoms with Gasteiger partial charge in [0.15, 0.2) is 0 Å². The Hall–Kier alpha value is -0.980. The van der Waals surface area contributed by atoms with Crippen LogP contribution in [0.25, 0.3) is 0 Å². The van der Waals surface area contributed by atoms with E-state index in [0.29, 0.717) is 24.8 Å². The number of hydrogen-bond acceptors (Lipinski definition) is 3. The van der Waals surface area contributed by atoms with Crippen LogP contribution in [0.2, 0.25) is 0 Å². The molecule has 2 rings (SSSR count). The number of nitrogens with one attached hydrogen (secondary N) is 1. The van der Waals surface area contributed by atoms with E-state index in [1.165, 1.54) is 12.1 Å². The van der Waals surface area contributed by atoms with Crippen LogP contribution >= 0.6 is 0 Å². The van der Waals surface area contributed by atoms with Gasteiger partial charge >= 0.3 is 0 Å². The van der Waals surface area contributed by atoms with Gasteiger partial charge in [-0.3, -0.25) is 0 Å². The van der Waals surface area contributed by atoms with E-state index in [1.54, 1.807) is 6.92 Å². The van der Waals surface area contributed by atoms with Crippen molar-refractivity contribution in [3.8, 4) is 0 Å². The molecule has 0 aromatic heterocycles. The molecule has 6 heteroatoms. The van der Waals surface area contributed by atoms with Gasteiger partial charge < -0.3 is 5.11 Å². The van der Waals surface area contributed by atoms with E-state index < -0.39 is 15.8 Å². The van der Waals surface area contributed by atoms with E-state index >= 15 is 0 Å². The highest BCUT2D eigenvalue weighted by atomic mass is 32.2. The monoisotopic (exact) mass is 301 g/mol. The molecule has 1 fully saturated rings. The van der Waals surface area contributed by atoms with Gasteiger partial charge in [0.1, 0.15) is 5.82 Å². The second-order valence-electron chi connectivity index (χ2n) is 5.43. The van der Waals surface area contributed by atoms with Crippen molar-refractivity contribution in [1.82, 2.24) is 4.72 Å². The highest BCUT2D eigenvalue weighted by molar-refractivity contribution is 7.89. The third-order valence-corrected chi connectivity index (χ3v) is 5.54. The van der Waals surface area contributed by atoms with Gasteiger partial charge in [-0.05, 0) is 49.8 Å². The number of aryl methyl sites for hydroxylation is 1. The molecule has 112 valence electrons. The van der Waals surface area contributed by atoms with Gasteiger partial charge in [0, 0.05) is 6.04 Å². The second kappa shape index (κ2) is 5.79. The van der Waals surface area contributed by atoms with Gasteiger partial charge in [-0.25, -0.2) is 17.5 Å². The van der Waals surface area contributed by atoms with Gasteiger partial charge in [-0.1, -0.05) is 13.0 Å².